The van der Waals surface area contributed by atoms with Crippen LogP contribution in [-0.2, 0) is 0 Å². The molecule has 0 fully saturated rings. The van der Waals surface area contributed by atoms with Crippen molar-refractivity contribution in [3.8, 4) is 0 Å². The van der Waals surface area contributed by atoms with Crippen LogP contribution in [0.25, 0.3) is 10.8 Å². The Bertz CT molecular complexity index is 717. The molecule has 0 unspecified atom stereocenters. The summed E-state index contributed by atoms with van der Waals surface area (Å²) in [6, 6.07) is 18.6. The van der Waals surface area contributed by atoms with Gasteiger partial charge in [-0.15, -0.1) is 0 Å². The second-order valence-corrected chi connectivity index (χ2v) is 4.61. The largest absolute Gasteiger partial charge is 0.370 e. The third-order valence-corrected chi connectivity index (χ3v) is 3.19. The first-order chi connectivity index (χ1) is 9.86. The zero-order valence-corrected chi connectivity index (χ0v) is 11.4. The van der Waals surface area contributed by atoms with Gasteiger partial charge in [-0.05, 0) is 24.4 Å². The smallest absolute Gasteiger partial charge is 0.127 e. The van der Waals surface area contributed by atoms with E-state index in [1.165, 1.54) is 10.8 Å². The van der Waals surface area contributed by atoms with E-state index in [9.17, 15) is 0 Å². The molecule has 0 amide bonds. The molecule has 3 rings (SSSR count). The van der Waals surface area contributed by atoms with Crippen molar-refractivity contribution in [3.05, 3.63) is 60.8 Å². The number of aromatic nitrogens is 1. The molecular formula is C17H17N3. The average Bonchev–Trinajstić information content (AvgIpc) is 2.48. The molecule has 0 aliphatic heterocycles. The van der Waals surface area contributed by atoms with Crippen LogP contribution in [0.2, 0.25) is 0 Å². The summed E-state index contributed by atoms with van der Waals surface area (Å²) < 4.78 is 0. The van der Waals surface area contributed by atoms with Crippen molar-refractivity contribution in [2.75, 3.05) is 17.2 Å². The fraction of sp³-hybridized carbons (Fsp3) is 0.118. The number of pyridine rings is 1. The minimum absolute atomic E-state index is 0.866. The van der Waals surface area contributed by atoms with Gasteiger partial charge in [-0.3, -0.25) is 0 Å². The van der Waals surface area contributed by atoms with Crippen LogP contribution < -0.4 is 10.6 Å². The van der Waals surface area contributed by atoms with Gasteiger partial charge in [0, 0.05) is 35.6 Å². The lowest BCUT2D eigenvalue weighted by Gasteiger charge is -2.11. The molecule has 2 aromatic carbocycles. The van der Waals surface area contributed by atoms with Crippen LogP contribution in [0.4, 0.5) is 17.2 Å². The average molecular weight is 263 g/mol. The molecule has 1 aromatic heterocycles. The SMILES string of the molecule is CCNc1cc(Nc2cccc3ccccc23)ccn1. The molecule has 0 bridgehead atoms. The first-order valence-electron chi connectivity index (χ1n) is 6.81. The number of benzene rings is 2. The van der Waals surface area contributed by atoms with Gasteiger partial charge in [0.1, 0.15) is 5.82 Å². The predicted octanol–water partition coefficient (Wildman–Crippen LogP) is 4.41. The molecule has 0 atom stereocenters. The molecule has 3 nitrogen and oxygen atoms in total. The van der Waals surface area contributed by atoms with Crippen LogP contribution in [0.5, 0.6) is 0 Å². The Morgan fingerprint density at radius 2 is 1.85 bits per heavy atom. The summed E-state index contributed by atoms with van der Waals surface area (Å²) in [6.07, 6.45) is 1.81. The summed E-state index contributed by atoms with van der Waals surface area (Å²) in [7, 11) is 0. The molecule has 3 aromatic rings. The Hall–Kier alpha value is -2.55. The summed E-state index contributed by atoms with van der Waals surface area (Å²) >= 11 is 0. The van der Waals surface area contributed by atoms with Gasteiger partial charge in [0.05, 0.1) is 0 Å². The van der Waals surface area contributed by atoms with E-state index in [-0.39, 0.29) is 0 Å². The van der Waals surface area contributed by atoms with Crippen molar-refractivity contribution < 1.29 is 0 Å². The number of rotatable bonds is 4. The number of hydrogen-bond acceptors (Lipinski definition) is 3. The molecule has 1 heterocycles. The number of fused-ring (bicyclic) bond motifs is 1. The summed E-state index contributed by atoms with van der Waals surface area (Å²) in [4.78, 5) is 4.28. The lowest BCUT2D eigenvalue weighted by Crippen LogP contribution is -2.00. The van der Waals surface area contributed by atoms with E-state index < -0.39 is 0 Å². The molecule has 0 saturated carbocycles. The number of hydrogen-bond donors (Lipinski definition) is 2. The van der Waals surface area contributed by atoms with Crippen molar-refractivity contribution in [1.29, 1.82) is 0 Å². The molecule has 0 spiro atoms. The second kappa shape index (κ2) is 5.61. The zero-order chi connectivity index (χ0) is 13.8. The van der Waals surface area contributed by atoms with Gasteiger partial charge in [-0.2, -0.15) is 0 Å². The van der Waals surface area contributed by atoms with E-state index in [4.69, 9.17) is 0 Å². The van der Waals surface area contributed by atoms with Crippen LogP contribution in [0, 0.1) is 0 Å². The van der Waals surface area contributed by atoms with Gasteiger partial charge in [0.15, 0.2) is 0 Å². The van der Waals surface area contributed by atoms with E-state index >= 15 is 0 Å². The molecule has 0 radical (unpaired) electrons. The van der Waals surface area contributed by atoms with Crippen molar-refractivity contribution in [3.63, 3.8) is 0 Å². The van der Waals surface area contributed by atoms with Gasteiger partial charge < -0.3 is 10.6 Å². The molecule has 3 heteroatoms. The number of nitrogens with one attached hydrogen (secondary N) is 2. The predicted molar refractivity (Wildman–Crippen MR) is 85.6 cm³/mol. The zero-order valence-electron chi connectivity index (χ0n) is 11.4. The highest BCUT2D eigenvalue weighted by molar-refractivity contribution is 5.95. The fourth-order valence-corrected chi connectivity index (χ4v) is 2.28. The molecule has 0 aliphatic carbocycles. The Balaban J connectivity index is 1.95. The third kappa shape index (κ3) is 2.57. The van der Waals surface area contributed by atoms with Crippen molar-refractivity contribution >= 4 is 28.0 Å². The molecular weight excluding hydrogens is 246 g/mol. The second-order valence-electron chi connectivity index (χ2n) is 4.61. The maximum Gasteiger partial charge on any atom is 0.127 e. The first kappa shape index (κ1) is 12.5. The molecule has 0 saturated heterocycles. The van der Waals surface area contributed by atoms with Gasteiger partial charge in [-0.25, -0.2) is 4.98 Å². The van der Waals surface area contributed by atoms with Crippen LogP contribution in [0.3, 0.4) is 0 Å². The first-order valence-corrected chi connectivity index (χ1v) is 6.81. The summed E-state index contributed by atoms with van der Waals surface area (Å²) in [6.45, 7) is 2.93. The van der Waals surface area contributed by atoms with Crippen molar-refractivity contribution in [1.82, 2.24) is 4.98 Å². The minimum atomic E-state index is 0.866. The van der Waals surface area contributed by atoms with E-state index in [1.807, 2.05) is 18.3 Å². The van der Waals surface area contributed by atoms with E-state index in [2.05, 4.69) is 65.0 Å². The summed E-state index contributed by atoms with van der Waals surface area (Å²) in [5.74, 6) is 0.887. The number of anilines is 3. The Morgan fingerprint density at radius 1 is 1.00 bits per heavy atom. The molecule has 100 valence electrons. The Kier molecular flexibility index (Phi) is 3.50. The maximum absolute atomic E-state index is 4.28. The maximum atomic E-state index is 4.28. The lowest BCUT2D eigenvalue weighted by atomic mass is 10.1. The van der Waals surface area contributed by atoms with E-state index in [0.29, 0.717) is 0 Å². The normalized spacial score (nSPS) is 10.4. The molecule has 0 aliphatic rings. The summed E-state index contributed by atoms with van der Waals surface area (Å²) in [5, 5.41) is 9.14. The highest BCUT2D eigenvalue weighted by Crippen LogP contribution is 2.26. The monoisotopic (exact) mass is 263 g/mol. The summed E-state index contributed by atoms with van der Waals surface area (Å²) in [5.41, 5.74) is 2.14. The quantitative estimate of drug-likeness (QED) is 0.732. The number of nitrogens with zero attached hydrogens (tertiary/aromatic N) is 1. The highest BCUT2D eigenvalue weighted by Gasteiger charge is 2.01. The Morgan fingerprint density at radius 3 is 2.75 bits per heavy atom. The van der Waals surface area contributed by atoms with E-state index in [1.54, 1.807) is 0 Å². The standard InChI is InChI=1S/C17H17N3/c1-2-18-17-12-14(10-11-19-17)20-16-9-5-7-13-6-3-4-8-15(13)16/h3-12H,2H2,1H3,(H2,18,19,20). The molecule has 20 heavy (non-hydrogen) atoms. The van der Waals surface area contributed by atoms with Gasteiger partial charge >= 0.3 is 0 Å². The van der Waals surface area contributed by atoms with Crippen molar-refractivity contribution in [2.24, 2.45) is 0 Å². The fourth-order valence-electron chi connectivity index (χ4n) is 2.28. The van der Waals surface area contributed by atoms with Crippen LogP contribution in [0.1, 0.15) is 6.92 Å². The van der Waals surface area contributed by atoms with Crippen LogP contribution in [-0.4, -0.2) is 11.5 Å². The highest BCUT2D eigenvalue weighted by atomic mass is 15.0. The Labute approximate surface area is 118 Å². The van der Waals surface area contributed by atoms with Gasteiger partial charge in [0.25, 0.3) is 0 Å². The minimum Gasteiger partial charge on any atom is -0.370 e. The van der Waals surface area contributed by atoms with Gasteiger partial charge in [-0.1, -0.05) is 36.4 Å². The van der Waals surface area contributed by atoms with Crippen molar-refractivity contribution in [2.45, 2.75) is 6.92 Å². The lowest BCUT2D eigenvalue weighted by molar-refractivity contribution is 1.16. The van der Waals surface area contributed by atoms with Crippen LogP contribution >= 0.6 is 0 Å². The topological polar surface area (TPSA) is 37.0 Å². The van der Waals surface area contributed by atoms with Crippen LogP contribution in [0.15, 0.2) is 60.8 Å². The molecule has 2 N–H and O–H groups in total. The van der Waals surface area contributed by atoms with E-state index in [0.717, 1.165) is 23.7 Å². The third-order valence-electron chi connectivity index (χ3n) is 3.19. The van der Waals surface area contributed by atoms with Gasteiger partial charge in [0.2, 0.25) is 0 Å².